The number of esters is 1. The molecular weight excluding hydrogens is 266 g/mol. The molecule has 2 heterocycles. The number of ether oxygens (including phenoxy) is 1. The average Bonchev–Trinajstić information content (AvgIpc) is 2.79. The Labute approximate surface area is 125 Å². The minimum Gasteiger partial charge on any atom is -0.452 e. The van der Waals surface area contributed by atoms with Crippen molar-refractivity contribution in [2.75, 3.05) is 0 Å². The summed E-state index contributed by atoms with van der Waals surface area (Å²) in [4.78, 5) is 16.6. The van der Waals surface area contributed by atoms with Crippen LogP contribution in [0.4, 0.5) is 0 Å². The molecule has 0 spiro atoms. The highest BCUT2D eigenvalue weighted by atomic mass is 16.5. The first-order valence-corrected chi connectivity index (χ1v) is 7.09. The summed E-state index contributed by atoms with van der Waals surface area (Å²) in [6, 6.07) is 5.64. The summed E-state index contributed by atoms with van der Waals surface area (Å²) in [6.07, 6.45) is 3.66. The summed E-state index contributed by atoms with van der Waals surface area (Å²) in [5.41, 5.74) is 2.08. The van der Waals surface area contributed by atoms with E-state index in [4.69, 9.17) is 4.74 Å². The van der Waals surface area contributed by atoms with Gasteiger partial charge in [0.25, 0.3) is 0 Å². The SMILES string of the molecule is Cc1c(C(=O)O[C@@H](CC(C)C)c2ccccn2)cnn1C. The second kappa shape index (κ2) is 6.52. The number of aryl methyl sites for hydroxylation is 1. The van der Waals surface area contributed by atoms with Crippen LogP contribution in [0, 0.1) is 12.8 Å². The molecule has 0 saturated carbocycles. The molecule has 5 heteroatoms. The third-order valence-corrected chi connectivity index (χ3v) is 3.41. The predicted octanol–water partition coefficient (Wildman–Crippen LogP) is 3.07. The van der Waals surface area contributed by atoms with Crippen molar-refractivity contribution < 1.29 is 9.53 Å². The van der Waals surface area contributed by atoms with Crippen LogP contribution in [0.5, 0.6) is 0 Å². The maximum atomic E-state index is 12.3. The first-order valence-electron chi connectivity index (χ1n) is 7.09. The third-order valence-electron chi connectivity index (χ3n) is 3.41. The van der Waals surface area contributed by atoms with E-state index in [2.05, 4.69) is 23.9 Å². The largest absolute Gasteiger partial charge is 0.452 e. The fraction of sp³-hybridized carbons (Fsp3) is 0.438. The Morgan fingerprint density at radius 1 is 1.38 bits per heavy atom. The summed E-state index contributed by atoms with van der Waals surface area (Å²) < 4.78 is 7.33. The van der Waals surface area contributed by atoms with Crippen LogP contribution in [0.25, 0.3) is 0 Å². The molecule has 2 aromatic heterocycles. The highest BCUT2D eigenvalue weighted by molar-refractivity contribution is 5.90. The standard InChI is InChI=1S/C16H21N3O2/c1-11(2)9-15(14-7-5-6-8-17-14)21-16(20)13-10-18-19(4)12(13)3/h5-8,10-11,15H,9H2,1-4H3/t15-/m0/s1. The molecule has 112 valence electrons. The Balaban J connectivity index is 2.19. The first kappa shape index (κ1) is 15.2. The van der Waals surface area contributed by atoms with Crippen molar-refractivity contribution in [3.63, 3.8) is 0 Å². The molecule has 2 rings (SSSR count). The molecule has 0 aliphatic rings. The first-order chi connectivity index (χ1) is 9.99. The van der Waals surface area contributed by atoms with Crippen molar-refractivity contribution in [1.29, 1.82) is 0 Å². The van der Waals surface area contributed by atoms with Gasteiger partial charge in [0.2, 0.25) is 0 Å². The van der Waals surface area contributed by atoms with Crippen molar-refractivity contribution in [1.82, 2.24) is 14.8 Å². The lowest BCUT2D eigenvalue weighted by Crippen LogP contribution is -2.15. The van der Waals surface area contributed by atoms with Gasteiger partial charge in [0.15, 0.2) is 0 Å². The molecule has 0 aromatic carbocycles. The summed E-state index contributed by atoms with van der Waals surface area (Å²) in [5, 5.41) is 4.08. The van der Waals surface area contributed by atoms with E-state index in [9.17, 15) is 4.79 Å². The summed E-state index contributed by atoms with van der Waals surface area (Å²) in [7, 11) is 1.80. The smallest absolute Gasteiger partial charge is 0.342 e. The van der Waals surface area contributed by atoms with E-state index in [-0.39, 0.29) is 12.1 Å². The minimum atomic E-state index is -0.350. The molecule has 0 bridgehead atoms. The number of nitrogens with zero attached hydrogens (tertiary/aromatic N) is 3. The maximum Gasteiger partial charge on any atom is 0.342 e. The summed E-state index contributed by atoms with van der Waals surface area (Å²) >= 11 is 0. The monoisotopic (exact) mass is 287 g/mol. The van der Waals surface area contributed by atoms with Crippen LogP contribution in [0.3, 0.4) is 0 Å². The Morgan fingerprint density at radius 2 is 2.14 bits per heavy atom. The van der Waals surface area contributed by atoms with E-state index < -0.39 is 0 Å². The van der Waals surface area contributed by atoms with Gasteiger partial charge in [-0.2, -0.15) is 5.10 Å². The second-order valence-electron chi connectivity index (χ2n) is 5.55. The van der Waals surface area contributed by atoms with Gasteiger partial charge in [-0.25, -0.2) is 4.79 Å². The molecular formula is C16H21N3O2. The number of aromatic nitrogens is 3. The van der Waals surface area contributed by atoms with Gasteiger partial charge in [-0.3, -0.25) is 9.67 Å². The number of carbonyl (C=O) groups is 1. The molecule has 0 N–H and O–H groups in total. The quantitative estimate of drug-likeness (QED) is 0.793. The Kier molecular flexibility index (Phi) is 4.73. The highest BCUT2D eigenvalue weighted by Gasteiger charge is 2.22. The lowest BCUT2D eigenvalue weighted by Gasteiger charge is -2.19. The Morgan fingerprint density at radius 3 is 2.67 bits per heavy atom. The maximum absolute atomic E-state index is 12.3. The zero-order valence-electron chi connectivity index (χ0n) is 12.9. The lowest BCUT2D eigenvalue weighted by molar-refractivity contribution is 0.0236. The van der Waals surface area contributed by atoms with Gasteiger partial charge in [0, 0.05) is 18.9 Å². The van der Waals surface area contributed by atoms with Gasteiger partial charge in [0.1, 0.15) is 11.7 Å². The molecule has 21 heavy (non-hydrogen) atoms. The van der Waals surface area contributed by atoms with Gasteiger partial charge < -0.3 is 4.74 Å². The topological polar surface area (TPSA) is 57.0 Å². The van der Waals surface area contributed by atoms with Crippen LogP contribution in [-0.2, 0) is 11.8 Å². The minimum absolute atomic E-state index is 0.335. The zero-order chi connectivity index (χ0) is 15.4. The third kappa shape index (κ3) is 3.68. The number of hydrogen-bond donors (Lipinski definition) is 0. The van der Waals surface area contributed by atoms with Crippen LogP contribution in [0.2, 0.25) is 0 Å². The number of pyridine rings is 1. The molecule has 0 fully saturated rings. The van der Waals surface area contributed by atoms with Gasteiger partial charge in [-0.15, -0.1) is 0 Å². The molecule has 0 unspecified atom stereocenters. The van der Waals surface area contributed by atoms with Gasteiger partial charge in [-0.1, -0.05) is 19.9 Å². The van der Waals surface area contributed by atoms with E-state index in [1.165, 1.54) is 0 Å². The van der Waals surface area contributed by atoms with Crippen LogP contribution in [-0.4, -0.2) is 20.7 Å². The van der Waals surface area contributed by atoms with E-state index in [0.717, 1.165) is 17.8 Å². The predicted molar refractivity (Wildman–Crippen MR) is 79.8 cm³/mol. The van der Waals surface area contributed by atoms with Gasteiger partial charge >= 0.3 is 5.97 Å². The zero-order valence-corrected chi connectivity index (χ0v) is 12.9. The van der Waals surface area contributed by atoms with Crippen LogP contribution >= 0.6 is 0 Å². The average molecular weight is 287 g/mol. The van der Waals surface area contributed by atoms with Crippen molar-refractivity contribution >= 4 is 5.97 Å². The molecule has 5 nitrogen and oxygen atoms in total. The van der Waals surface area contributed by atoms with E-state index in [1.807, 2.05) is 25.1 Å². The normalized spacial score (nSPS) is 12.4. The second-order valence-corrected chi connectivity index (χ2v) is 5.55. The molecule has 2 aromatic rings. The van der Waals surface area contributed by atoms with Gasteiger partial charge in [0.05, 0.1) is 11.9 Å². The van der Waals surface area contributed by atoms with E-state index >= 15 is 0 Å². The highest BCUT2D eigenvalue weighted by Crippen LogP contribution is 2.25. The van der Waals surface area contributed by atoms with Crippen molar-refractivity contribution in [3.8, 4) is 0 Å². The molecule has 0 saturated heterocycles. The summed E-state index contributed by atoms with van der Waals surface area (Å²) in [5.74, 6) is 0.0525. The van der Waals surface area contributed by atoms with Crippen molar-refractivity contribution in [2.45, 2.75) is 33.3 Å². The van der Waals surface area contributed by atoms with Crippen molar-refractivity contribution in [2.24, 2.45) is 13.0 Å². The van der Waals surface area contributed by atoms with Gasteiger partial charge in [-0.05, 0) is 31.4 Å². The fourth-order valence-electron chi connectivity index (χ4n) is 2.12. The number of rotatable bonds is 5. The molecule has 0 aliphatic heterocycles. The van der Waals surface area contributed by atoms with Crippen molar-refractivity contribution in [3.05, 3.63) is 47.5 Å². The molecule has 0 aliphatic carbocycles. The van der Waals surface area contributed by atoms with E-state index in [0.29, 0.717) is 11.5 Å². The summed E-state index contributed by atoms with van der Waals surface area (Å²) in [6.45, 7) is 6.04. The Bertz CT molecular complexity index is 605. The van der Waals surface area contributed by atoms with Crippen LogP contribution in [0.1, 0.15) is 48.1 Å². The fourth-order valence-corrected chi connectivity index (χ4v) is 2.12. The number of hydrogen-bond acceptors (Lipinski definition) is 4. The van der Waals surface area contributed by atoms with E-state index in [1.54, 1.807) is 24.1 Å². The van der Waals surface area contributed by atoms with Crippen LogP contribution < -0.4 is 0 Å². The van der Waals surface area contributed by atoms with Crippen LogP contribution in [0.15, 0.2) is 30.6 Å². The Hall–Kier alpha value is -2.17. The molecule has 0 amide bonds. The molecule has 0 radical (unpaired) electrons. The number of carbonyl (C=O) groups excluding carboxylic acids is 1. The lowest BCUT2D eigenvalue weighted by atomic mass is 10.0. The molecule has 1 atom stereocenters.